The van der Waals surface area contributed by atoms with E-state index in [1.807, 2.05) is 36.4 Å². The summed E-state index contributed by atoms with van der Waals surface area (Å²) in [5.41, 5.74) is 4.86. The molecule has 0 saturated carbocycles. The number of hydrogen-bond donors (Lipinski definition) is 1. The zero-order valence-electron chi connectivity index (χ0n) is 18.3. The van der Waals surface area contributed by atoms with Gasteiger partial charge in [-0.1, -0.05) is 18.2 Å². The van der Waals surface area contributed by atoms with Crippen molar-refractivity contribution in [2.24, 2.45) is 0 Å². The second-order valence-electron chi connectivity index (χ2n) is 8.06. The van der Waals surface area contributed by atoms with Crippen LogP contribution in [0.2, 0.25) is 0 Å². The summed E-state index contributed by atoms with van der Waals surface area (Å²) in [6.07, 6.45) is 1.33. The summed E-state index contributed by atoms with van der Waals surface area (Å²) >= 11 is 1.72. The Labute approximate surface area is 191 Å². The number of carbonyl (C=O) groups is 1. The summed E-state index contributed by atoms with van der Waals surface area (Å²) in [5, 5.41) is 5.65. The van der Waals surface area contributed by atoms with Gasteiger partial charge >= 0.3 is 0 Å². The highest BCUT2D eigenvalue weighted by molar-refractivity contribution is 7.10. The lowest BCUT2D eigenvalue weighted by molar-refractivity contribution is -0.116. The van der Waals surface area contributed by atoms with Crippen molar-refractivity contribution in [3.05, 3.63) is 81.2 Å². The number of anilines is 1. The van der Waals surface area contributed by atoms with Gasteiger partial charge in [-0.05, 0) is 47.2 Å². The third kappa shape index (κ3) is 3.45. The van der Waals surface area contributed by atoms with Gasteiger partial charge in [-0.15, -0.1) is 11.3 Å². The van der Waals surface area contributed by atoms with E-state index in [-0.39, 0.29) is 17.6 Å². The summed E-state index contributed by atoms with van der Waals surface area (Å²) in [5.74, 6) is 2.31. The second kappa shape index (κ2) is 8.36. The molecule has 2 atom stereocenters. The topological polar surface area (TPSA) is 56.8 Å². The van der Waals surface area contributed by atoms with Crippen molar-refractivity contribution < 1.29 is 19.0 Å². The SMILES string of the molecule is COc1ccc([C@@H]2C3=C(C[C@H](c4cccs4)CC3=O)Nc3cc(OC)c(OC)cc32)cc1. The molecule has 32 heavy (non-hydrogen) atoms. The third-order valence-corrected chi connectivity index (χ3v) is 7.38. The average molecular weight is 448 g/mol. The van der Waals surface area contributed by atoms with Crippen LogP contribution in [-0.4, -0.2) is 27.1 Å². The molecule has 164 valence electrons. The van der Waals surface area contributed by atoms with Crippen LogP contribution in [0.5, 0.6) is 17.2 Å². The Morgan fingerprint density at radius 3 is 2.34 bits per heavy atom. The number of ketones is 1. The molecule has 2 aliphatic rings. The molecule has 2 heterocycles. The van der Waals surface area contributed by atoms with Crippen LogP contribution in [0, 0.1) is 0 Å². The van der Waals surface area contributed by atoms with Crippen molar-refractivity contribution >= 4 is 22.8 Å². The molecule has 3 aromatic rings. The fourth-order valence-electron chi connectivity index (χ4n) is 4.81. The molecule has 6 heteroatoms. The number of allylic oxidation sites excluding steroid dienone is 2. The maximum absolute atomic E-state index is 13.6. The molecule has 0 saturated heterocycles. The first-order valence-corrected chi connectivity index (χ1v) is 11.5. The molecule has 1 N–H and O–H groups in total. The van der Waals surface area contributed by atoms with Gasteiger partial charge in [0.1, 0.15) is 5.75 Å². The molecule has 0 amide bonds. The maximum atomic E-state index is 13.6. The van der Waals surface area contributed by atoms with Crippen molar-refractivity contribution in [2.45, 2.75) is 24.7 Å². The molecule has 2 aromatic carbocycles. The number of carbonyl (C=O) groups excluding carboxylic acids is 1. The largest absolute Gasteiger partial charge is 0.497 e. The molecule has 0 fully saturated rings. The van der Waals surface area contributed by atoms with Crippen molar-refractivity contribution in [2.75, 3.05) is 26.6 Å². The van der Waals surface area contributed by atoms with E-state index in [1.165, 1.54) is 4.88 Å². The van der Waals surface area contributed by atoms with E-state index in [0.29, 0.717) is 17.9 Å². The molecule has 0 spiro atoms. The highest BCUT2D eigenvalue weighted by atomic mass is 32.1. The molecule has 0 unspecified atom stereocenters. The highest BCUT2D eigenvalue weighted by Gasteiger charge is 2.39. The van der Waals surface area contributed by atoms with E-state index in [0.717, 1.165) is 40.3 Å². The summed E-state index contributed by atoms with van der Waals surface area (Å²) in [4.78, 5) is 14.8. The van der Waals surface area contributed by atoms with E-state index < -0.39 is 0 Å². The minimum Gasteiger partial charge on any atom is -0.497 e. The van der Waals surface area contributed by atoms with Crippen LogP contribution in [0.1, 0.15) is 40.7 Å². The number of hydrogen-bond acceptors (Lipinski definition) is 6. The average Bonchev–Trinajstić information content (AvgIpc) is 3.37. The Morgan fingerprint density at radius 2 is 1.69 bits per heavy atom. The standard InChI is InChI=1S/C26H25NO4S/c1-29-17-8-6-15(7-9-17)25-18-13-22(30-2)23(31-3)14-19(18)27-20-11-16(12-21(28)26(20)25)24-5-4-10-32-24/h4-10,13-14,16,25,27H,11-12H2,1-3H3/t16-,25-/m0/s1. The van der Waals surface area contributed by atoms with E-state index in [2.05, 4.69) is 22.8 Å². The van der Waals surface area contributed by atoms with Crippen LogP contribution < -0.4 is 19.5 Å². The summed E-state index contributed by atoms with van der Waals surface area (Å²) in [6, 6.07) is 16.1. The normalized spacial score (nSPS) is 19.7. The molecular formula is C26H25NO4S. The highest BCUT2D eigenvalue weighted by Crippen LogP contribution is 2.50. The quantitative estimate of drug-likeness (QED) is 0.541. The molecule has 5 rings (SSSR count). The molecular weight excluding hydrogens is 422 g/mol. The minimum absolute atomic E-state index is 0.177. The number of benzene rings is 2. The molecule has 0 radical (unpaired) electrons. The van der Waals surface area contributed by atoms with Gasteiger partial charge in [0, 0.05) is 46.2 Å². The maximum Gasteiger partial charge on any atom is 0.162 e. The van der Waals surface area contributed by atoms with Crippen molar-refractivity contribution in [1.82, 2.24) is 0 Å². The fourth-order valence-corrected chi connectivity index (χ4v) is 5.64. The monoisotopic (exact) mass is 447 g/mol. The zero-order valence-corrected chi connectivity index (χ0v) is 19.1. The van der Waals surface area contributed by atoms with E-state index in [1.54, 1.807) is 32.7 Å². The first kappa shape index (κ1) is 20.6. The summed E-state index contributed by atoms with van der Waals surface area (Å²) < 4.78 is 16.5. The molecule has 1 aliphatic carbocycles. The Hall–Kier alpha value is -3.25. The van der Waals surface area contributed by atoms with Gasteiger partial charge < -0.3 is 19.5 Å². The first-order valence-electron chi connectivity index (χ1n) is 10.6. The van der Waals surface area contributed by atoms with Gasteiger partial charge in [0.2, 0.25) is 0 Å². The second-order valence-corrected chi connectivity index (χ2v) is 9.04. The predicted octanol–water partition coefficient (Wildman–Crippen LogP) is 5.73. The lowest BCUT2D eigenvalue weighted by Gasteiger charge is -2.36. The van der Waals surface area contributed by atoms with Crippen LogP contribution in [0.25, 0.3) is 0 Å². The number of fused-ring (bicyclic) bond motifs is 1. The first-order chi connectivity index (χ1) is 15.6. The Balaban J connectivity index is 1.66. The van der Waals surface area contributed by atoms with Crippen LogP contribution in [0.4, 0.5) is 5.69 Å². The van der Waals surface area contributed by atoms with E-state index >= 15 is 0 Å². The van der Waals surface area contributed by atoms with Gasteiger partial charge in [-0.2, -0.15) is 0 Å². The van der Waals surface area contributed by atoms with Crippen LogP contribution >= 0.6 is 11.3 Å². The Bertz CT molecular complexity index is 1180. The van der Waals surface area contributed by atoms with Crippen molar-refractivity contribution in [1.29, 1.82) is 0 Å². The van der Waals surface area contributed by atoms with E-state index in [4.69, 9.17) is 14.2 Å². The third-order valence-electron chi connectivity index (χ3n) is 6.34. The number of nitrogens with one attached hydrogen (secondary N) is 1. The molecule has 1 aromatic heterocycles. The smallest absolute Gasteiger partial charge is 0.162 e. The Kier molecular flexibility index (Phi) is 5.39. The van der Waals surface area contributed by atoms with Gasteiger partial charge in [0.05, 0.1) is 21.3 Å². The van der Waals surface area contributed by atoms with Crippen LogP contribution in [0.3, 0.4) is 0 Å². The number of methoxy groups -OCH3 is 3. The fraction of sp³-hybridized carbons (Fsp3) is 0.269. The molecule has 5 nitrogen and oxygen atoms in total. The number of ether oxygens (including phenoxy) is 3. The lowest BCUT2D eigenvalue weighted by atomic mass is 9.73. The predicted molar refractivity (Wildman–Crippen MR) is 126 cm³/mol. The molecule has 1 aliphatic heterocycles. The lowest BCUT2D eigenvalue weighted by Crippen LogP contribution is -2.29. The Morgan fingerprint density at radius 1 is 0.938 bits per heavy atom. The molecule has 0 bridgehead atoms. The van der Waals surface area contributed by atoms with Gasteiger partial charge in [0.15, 0.2) is 17.3 Å². The number of Topliss-reactive ketones (excluding diaryl/α,β-unsaturated/α-hetero) is 1. The minimum atomic E-state index is -0.177. The van der Waals surface area contributed by atoms with Gasteiger partial charge in [-0.25, -0.2) is 0 Å². The van der Waals surface area contributed by atoms with Crippen LogP contribution in [0.15, 0.2) is 65.2 Å². The van der Waals surface area contributed by atoms with Crippen molar-refractivity contribution in [3.8, 4) is 17.2 Å². The van der Waals surface area contributed by atoms with Crippen molar-refractivity contribution in [3.63, 3.8) is 0 Å². The van der Waals surface area contributed by atoms with E-state index in [9.17, 15) is 4.79 Å². The summed E-state index contributed by atoms with van der Waals surface area (Å²) in [7, 11) is 4.92. The number of rotatable bonds is 5. The van der Waals surface area contributed by atoms with Crippen LogP contribution in [-0.2, 0) is 4.79 Å². The van der Waals surface area contributed by atoms with Gasteiger partial charge in [-0.3, -0.25) is 4.79 Å². The zero-order chi connectivity index (χ0) is 22.2. The van der Waals surface area contributed by atoms with Gasteiger partial charge in [0.25, 0.3) is 0 Å². The number of thiophene rings is 1. The summed E-state index contributed by atoms with van der Waals surface area (Å²) in [6.45, 7) is 0.